The molecule has 0 heterocycles. The number of carbonyl (C=O) groups excluding carboxylic acids is 1. The lowest BCUT2D eigenvalue weighted by atomic mass is 10.1. The highest BCUT2D eigenvalue weighted by Crippen LogP contribution is 2.20. The first-order valence-electron chi connectivity index (χ1n) is 6.53. The summed E-state index contributed by atoms with van der Waals surface area (Å²) in [5.74, 6) is -0.196. The Kier molecular flexibility index (Phi) is 5.36. The maximum Gasteiger partial charge on any atom is 0.250 e. The molecule has 0 aliphatic heterocycles. The minimum atomic E-state index is -0.196. The van der Waals surface area contributed by atoms with Gasteiger partial charge in [-0.2, -0.15) is 0 Å². The van der Waals surface area contributed by atoms with Gasteiger partial charge in [0, 0.05) is 15.8 Å². The van der Waals surface area contributed by atoms with Crippen LogP contribution in [0.1, 0.15) is 11.1 Å². The summed E-state index contributed by atoms with van der Waals surface area (Å²) in [5, 5.41) is 2.80. The Balaban J connectivity index is 1.84. The van der Waals surface area contributed by atoms with Gasteiger partial charge in [-0.05, 0) is 42.3 Å². The first-order valence-corrected chi connectivity index (χ1v) is 7.32. The number of hydrogen-bond acceptors (Lipinski definition) is 3. The topological polar surface area (TPSA) is 64.3 Å². The van der Waals surface area contributed by atoms with Crippen molar-refractivity contribution < 1.29 is 9.53 Å². The van der Waals surface area contributed by atoms with E-state index in [2.05, 4.69) is 21.2 Å². The van der Waals surface area contributed by atoms with Crippen molar-refractivity contribution in [1.82, 2.24) is 0 Å². The van der Waals surface area contributed by atoms with Crippen LogP contribution in [0, 0.1) is 6.92 Å². The van der Waals surface area contributed by atoms with Gasteiger partial charge in [-0.25, -0.2) is 0 Å². The van der Waals surface area contributed by atoms with Crippen LogP contribution in [0.5, 0.6) is 0 Å². The van der Waals surface area contributed by atoms with Gasteiger partial charge >= 0.3 is 0 Å². The molecule has 21 heavy (non-hydrogen) atoms. The van der Waals surface area contributed by atoms with Crippen LogP contribution in [0.25, 0.3) is 0 Å². The van der Waals surface area contributed by atoms with Crippen molar-refractivity contribution in [2.45, 2.75) is 13.5 Å². The van der Waals surface area contributed by atoms with E-state index in [1.165, 1.54) is 0 Å². The molecule has 0 aliphatic carbocycles. The SMILES string of the molecule is Cc1c(N)cccc1NC(=O)COCc1cccc(Br)c1. The molecule has 0 fully saturated rings. The molecule has 2 aromatic rings. The summed E-state index contributed by atoms with van der Waals surface area (Å²) in [6.07, 6.45) is 0. The average molecular weight is 349 g/mol. The zero-order chi connectivity index (χ0) is 15.2. The van der Waals surface area contributed by atoms with Crippen molar-refractivity contribution >= 4 is 33.2 Å². The highest BCUT2D eigenvalue weighted by Gasteiger charge is 2.06. The molecule has 2 aromatic carbocycles. The third kappa shape index (κ3) is 4.58. The number of amides is 1. The Morgan fingerprint density at radius 2 is 2.05 bits per heavy atom. The predicted octanol–water partition coefficient (Wildman–Crippen LogP) is 3.50. The second-order valence-corrected chi connectivity index (χ2v) is 5.61. The number of nitrogens with one attached hydrogen (secondary N) is 1. The zero-order valence-corrected chi connectivity index (χ0v) is 13.3. The van der Waals surface area contributed by atoms with Gasteiger partial charge in [0.1, 0.15) is 6.61 Å². The fourth-order valence-electron chi connectivity index (χ4n) is 1.86. The number of ether oxygens (including phenoxy) is 1. The molecule has 0 aromatic heterocycles. The molecule has 0 atom stereocenters. The zero-order valence-electron chi connectivity index (χ0n) is 11.7. The van der Waals surface area contributed by atoms with Crippen molar-refractivity contribution in [2.75, 3.05) is 17.7 Å². The average Bonchev–Trinajstić information content (AvgIpc) is 2.44. The smallest absolute Gasteiger partial charge is 0.250 e. The van der Waals surface area contributed by atoms with Gasteiger partial charge < -0.3 is 15.8 Å². The van der Waals surface area contributed by atoms with Crippen LogP contribution in [-0.4, -0.2) is 12.5 Å². The largest absolute Gasteiger partial charge is 0.398 e. The number of hydrogen-bond donors (Lipinski definition) is 2. The third-order valence-electron chi connectivity index (χ3n) is 3.04. The molecule has 0 saturated carbocycles. The van der Waals surface area contributed by atoms with Gasteiger partial charge in [0.15, 0.2) is 0 Å². The Hall–Kier alpha value is -1.85. The lowest BCUT2D eigenvalue weighted by Gasteiger charge is -2.10. The van der Waals surface area contributed by atoms with Crippen LogP contribution in [0.3, 0.4) is 0 Å². The molecule has 2 rings (SSSR count). The number of nitrogen functional groups attached to an aromatic ring is 1. The van der Waals surface area contributed by atoms with E-state index in [4.69, 9.17) is 10.5 Å². The normalized spacial score (nSPS) is 10.4. The van der Waals surface area contributed by atoms with Crippen molar-refractivity contribution in [3.63, 3.8) is 0 Å². The molecular weight excluding hydrogens is 332 g/mol. The Bertz CT molecular complexity index is 644. The van der Waals surface area contributed by atoms with E-state index in [1.807, 2.05) is 37.3 Å². The molecule has 0 saturated heterocycles. The first kappa shape index (κ1) is 15.5. The van der Waals surface area contributed by atoms with Crippen molar-refractivity contribution in [1.29, 1.82) is 0 Å². The second kappa shape index (κ2) is 7.24. The van der Waals surface area contributed by atoms with Gasteiger partial charge in [-0.15, -0.1) is 0 Å². The number of rotatable bonds is 5. The van der Waals surface area contributed by atoms with Crippen LogP contribution in [0.4, 0.5) is 11.4 Å². The lowest BCUT2D eigenvalue weighted by molar-refractivity contribution is -0.121. The highest BCUT2D eigenvalue weighted by atomic mass is 79.9. The molecular formula is C16H17BrN2O2. The summed E-state index contributed by atoms with van der Waals surface area (Å²) in [6.45, 7) is 2.26. The monoisotopic (exact) mass is 348 g/mol. The number of carbonyl (C=O) groups is 1. The Labute approximate surface area is 132 Å². The van der Waals surface area contributed by atoms with Gasteiger partial charge in [0.05, 0.1) is 6.61 Å². The molecule has 0 spiro atoms. The molecule has 4 nitrogen and oxygen atoms in total. The van der Waals surface area contributed by atoms with E-state index in [0.717, 1.165) is 15.6 Å². The summed E-state index contributed by atoms with van der Waals surface area (Å²) in [4.78, 5) is 11.8. The fraction of sp³-hybridized carbons (Fsp3) is 0.188. The molecule has 0 unspecified atom stereocenters. The standard InChI is InChI=1S/C16H17BrN2O2/c1-11-14(18)6-3-7-15(11)19-16(20)10-21-9-12-4-2-5-13(17)8-12/h2-8H,9-10,18H2,1H3,(H,19,20). The number of anilines is 2. The molecule has 1 amide bonds. The summed E-state index contributed by atoms with van der Waals surface area (Å²) < 4.78 is 6.40. The maximum atomic E-state index is 11.8. The van der Waals surface area contributed by atoms with Crippen LogP contribution in [0.2, 0.25) is 0 Å². The van der Waals surface area contributed by atoms with E-state index in [9.17, 15) is 4.79 Å². The van der Waals surface area contributed by atoms with Gasteiger partial charge in [0.25, 0.3) is 0 Å². The van der Waals surface area contributed by atoms with E-state index < -0.39 is 0 Å². The summed E-state index contributed by atoms with van der Waals surface area (Å²) >= 11 is 3.40. The van der Waals surface area contributed by atoms with E-state index >= 15 is 0 Å². The predicted molar refractivity (Wildman–Crippen MR) is 88.0 cm³/mol. The van der Waals surface area contributed by atoms with Gasteiger partial charge in [-0.3, -0.25) is 4.79 Å². The quantitative estimate of drug-likeness (QED) is 0.812. The highest BCUT2D eigenvalue weighted by molar-refractivity contribution is 9.10. The molecule has 0 bridgehead atoms. The fourth-order valence-corrected chi connectivity index (χ4v) is 2.31. The van der Waals surface area contributed by atoms with Crippen molar-refractivity contribution in [2.24, 2.45) is 0 Å². The minimum absolute atomic E-state index is 0.000746. The maximum absolute atomic E-state index is 11.8. The summed E-state index contributed by atoms with van der Waals surface area (Å²) in [5.41, 5.74) is 9.04. The second-order valence-electron chi connectivity index (χ2n) is 4.69. The van der Waals surface area contributed by atoms with Crippen LogP contribution in [0.15, 0.2) is 46.9 Å². The number of benzene rings is 2. The van der Waals surface area contributed by atoms with E-state index in [0.29, 0.717) is 18.0 Å². The van der Waals surface area contributed by atoms with Crippen LogP contribution < -0.4 is 11.1 Å². The van der Waals surface area contributed by atoms with Crippen molar-refractivity contribution in [3.05, 3.63) is 58.1 Å². The third-order valence-corrected chi connectivity index (χ3v) is 3.53. The van der Waals surface area contributed by atoms with E-state index in [1.54, 1.807) is 12.1 Å². The van der Waals surface area contributed by atoms with Crippen LogP contribution in [-0.2, 0) is 16.1 Å². The number of nitrogens with two attached hydrogens (primary N) is 1. The summed E-state index contributed by atoms with van der Waals surface area (Å²) in [7, 11) is 0. The van der Waals surface area contributed by atoms with Gasteiger partial charge in [0.2, 0.25) is 5.91 Å². The molecule has 3 N–H and O–H groups in total. The molecule has 0 radical (unpaired) electrons. The molecule has 5 heteroatoms. The first-order chi connectivity index (χ1) is 10.1. The number of halogens is 1. The molecule has 0 aliphatic rings. The minimum Gasteiger partial charge on any atom is -0.398 e. The Morgan fingerprint density at radius 3 is 2.81 bits per heavy atom. The summed E-state index contributed by atoms with van der Waals surface area (Å²) in [6, 6.07) is 13.2. The van der Waals surface area contributed by atoms with Crippen LogP contribution >= 0.6 is 15.9 Å². The van der Waals surface area contributed by atoms with Crippen molar-refractivity contribution in [3.8, 4) is 0 Å². The molecule has 110 valence electrons. The lowest BCUT2D eigenvalue weighted by Crippen LogP contribution is -2.19. The van der Waals surface area contributed by atoms with E-state index in [-0.39, 0.29) is 12.5 Å². The van der Waals surface area contributed by atoms with Gasteiger partial charge in [-0.1, -0.05) is 34.1 Å². The Morgan fingerprint density at radius 1 is 1.29 bits per heavy atom.